The molecule has 2 N–H and O–H groups in total. The molecule has 7 nitrogen and oxygen atoms in total. The number of aromatic nitrogens is 3. The topological polar surface area (TPSA) is 104 Å². The predicted molar refractivity (Wildman–Crippen MR) is 130 cm³/mol. The van der Waals surface area contributed by atoms with Crippen molar-refractivity contribution in [2.24, 2.45) is 0 Å². The van der Waals surface area contributed by atoms with Crippen LogP contribution in [-0.2, 0) is 14.9 Å². The lowest BCUT2D eigenvalue weighted by molar-refractivity contribution is -0.175. The molecule has 0 amide bonds. The Hall–Kier alpha value is -3.70. The molecule has 0 aliphatic heterocycles. The third-order valence-corrected chi connectivity index (χ3v) is 7.47. The van der Waals surface area contributed by atoms with Crippen LogP contribution in [0.3, 0.4) is 0 Å². The first-order valence-corrected chi connectivity index (χ1v) is 11.6. The molecule has 1 fully saturated rings. The normalized spacial score (nSPS) is 20.2. The molecule has 2 heterocycles. The van der Waals surface area contributed by atoms with Crippen LogP contribution < -0.4 is 0 Å². The fraction of sp³-hybridized carbons (Fsp3) is 0.370. The fourth-order valence-electron chi connectivity index (χ4n) is 5.52. The minimum Gasteiger partial charge on any atom is -0.479 e. The predicted octanol–water partition coefficient (Wildman–Crippen LogP) is 5.49. The number of fused-ring (bicyclic) bond motifs is 2. The number of nitriles is 1. The van der Waals surface area contributed by atoms with Gasteiger partial charge in [-0.1, -0.05) is 13.8 Å². The molecule has 0 atom stereocenters. The number of carboxylic acid groups (broad SMARTS) is 1. The van der Waals surface area contributed by atoms with Crippen LogP contribution >= 0.6 is 0 Å². The average Bonchev–Trinajstić information content (AvgIpc) is 3.36. The molecular formula is C27H27FN4O3. The van der Waals surface area contributed by atoms with Crippen molar-refractivity contribution < 1.29 is 19.0 Å². The van der Waals surface area contributed by atoms with Crippen LogP contribution in [0.4, 0.5) is 4.39 Å². The summed E-state index contributed by atoms with van der Waals surface area (Å²) in [5.41, 5.74) is 3.24. The second-order valence-corrected chi connectivity index (χ2v) is 10.2. The number of nitrogens with one attached hydrogen (secondary N) is 1. The quantitative estimate of drug-likeness (QED) is 0.384. The number of aliphatic carboxylic acids is 1. The van der Waals surface area contributed by atoms with Crippen molar-refractivity contribution in [1.29, 1.82) is 5.26 Å². The highest BCUT2D eigenvalue weighted by Crippen LogP contribution is 2.53. The summed E-state index contributed by atoms with van der Waals surface area (Å²) >= 11 is 0. The van der Waals surface area contributed by atoms with Gasteiger partial charge in [-0.15, -0.1) is 0 Å². The highest BCUT2D eigenvalue weighted by Gasteiger charge is 2.53. The van der Waals surface area contributed by atoms with E-state index in [1.54, 1.807) is 19.2 Å². The summed E-state index contributed by atoms with van der Waals surface area (Å²) in [6.45, 7) is 5.77. The Morgan fingerprint density at radius 3 is 2.74 bits per heavy atom. The number of H-pyrrole nitrogens is 1. The lowest BCUT2D eigenvalue weighted by atomic mass is 9.65. The van der Waals surface area contributed by atoms with E-state index in [4.69, 9.17) is 4.74 Å². The first-order valence-electron chi connectivity index (χ1n) is 11.6. The van der Waals surface area contributed by atoms with Crippen LogP contribution in [0.5, 0.6) is 0 Å². The summed E-state index contributed by atoms with van der Waals surface area (Å²) in [6.07, 6.45) is 2.68. The monoisotopic (exact) mass is 474 g/mol. The Balaban J connectivity index is 1.86. The van der Waals surface area contributed by atoms with Gasteiger partial charge >= 0.3 is 5.97 Å². The van der Waals surface area contributed by atoms with Crippen molar-refractivity contribution in [1.82, 2.24) is 14.8 Å². The van der Waals surface area contributed by atoms with Crippen molar-refractivity contribution in [3.8, 4) is 11.8 Å². The zero-order valence-corrected chi connectivity index (χ0v) is 20.1. The molecule has 180 valence electrons. The second-order valence-electron chi connectivity index (χ2n) is 10.2. The van der Waals surface area contributed by atoms with Gasteiger partial charge in [0.05, 0.1) is 23.3 Å². The molecule has 1 saturated carbocycles. The summed E-state index contributed by atoms with van der Waals surface area (Å²) in [7, 11) is 1.43. The summed E-state index contributed by atoms with van der Waals surface area (Å²) in [5, 5.41) is 28.6. The van der Waals surface area contributed by atoms with Crippen molar-refractivity contribution in [3.05, 3.63) is 59.2 Å². The third kappa shape index (κ3) is 3.41. The van der Waals surface area contributed by atoms with Gasteiger partial charge in [0, 0.05) is 41.1 Å². The molecule has 0 unspecified atom stereocenters. The maximum atomic E-state index is 14.2. The van der Waals surface area contributed by atoms with Gasteiger partial charge in [0.1, 0.15) is 5.82 Å². The Morgan fingerprint density at radius 1 is 1.37 bits per heavy atom. The van der Waals surface area contributed by atoms with Crippen LogP contribution in [-0.4, -0.2) is 38.6 Å². The summed E-state index contributed by atoms with van der Waals surface area (Å²) < 4.78 is 21.8. The van der Waals surface area contributed by atoms with E-state index in [2.05, 4.69) is 20.8 Å². The molecule has 2 aromatic carbocycles. The average molecular weight is 475 g/mol. The van der Waals surface area contributed by atoms with Gasteiger partial charge in [-0.3, -0.25) is 5.10 Å². The van der Waals surface area contributed by atoms with E-state index in [0.717, 1.165) is 38.8 Å². The van der Waals surface area contributed by atoms with E-state index in [9.17, 15) is 19.6 Å². The Bertz CT molecular complexity index is 1520. The zero-order valence-electron chi connectivity index (χ0n) is 20.1. The number of aromatic amines is 1. The van der Waals surface area contributed by atoms with Crippen LogP contribution in [0.2, 0.25) is 0 Å². The number of carbonyl (C=O) groups is 1. The van der Waals surface area contributed by atoms with Crippen molar-refractivity contribution in [3.63, 3.8) is 0 Å². The minimum absolute atomic E-state index is 0.0790. The molecule has 1 aliphatic rings. The molecule has 4 aromatic rings. The number of ether oxygens (including phenoxy) is 1. The SMILES string of the molecule is CO[C@]1(C(=O)O)C[C@H](c2c(C(C)(C)CC#N)n(-c3ccc(F)c(C)c3)c3cc4cn[nH]c4cc32)C1. The molecule has 5 rings (SSSR count). The van der Waals surface area contributed by atoms with E-state index in [-0.39, 0.29) is 18.2 Å². The molecule has 35 heavy (non-hydrogen) atoms. The van der Waals surface area contributed by atoms with Crippen molar-refractivity contribution in [2.45, 2.75) is 57.0 Å². The molecule has 1 aliphatic carbocycles. The number of benzene rings is 2. The number of halogens is 1. The van der Waals surface area contributed by atoms with Gasteiger partial charge in [-0.05, 0) is 67.1 Å². The third-order valence-electron chi connectivity index (χ3n) is 7.47. The van der Waals surface area contributed by atoms with Crippen LogP contribution in [0.1, 0.15) is 55.8 Å². The molecular weight excluding hydrogens is 447 g/mol. The molecule has 8 heteroatoms. The Morgan fingerprint density at radius 2 is 2.11 bits per heavy atom. The van der Waals surface area contributed by atoms with E-state index in [1.165, 1.54) is 13.2 Å². The Labute approximate surface area is 202 Å². The summed E-state index contributed by atoms with van der Waals surface area (Å²) in [6, 6.07) is 11.4. The summed E-state index contributed by atoms with van der Waals surface area (Å²) in [5.74, 6) is -1.33. The Kier molecular flexibility index (Phi) is 5.22. The second kappa shape index (κ2) is 7.92. The molecule has 0 saturated heterocycles. The number of carboxylic acids is 1. The van der Waals surface area contributed by atoms with Gasteiger partial charge in [0.25, 0.3) is 0 Å². The van der Waals surface area contributed by atoms with E-state index >= 15 is 0 Å². The first kappa shape index (κ1) is 23.1. The molecule has 0 spiro atoms. The van der Waals surface area contributed by atoms with Crippen LogP contribution in [0.25, 0.3) is 27.5 Å². The van der Waals surface area contributed by atoms with E-state index in [0.29, 0.717) is 18.4 Å². The standard InChI is InChI=1S/C27H27FN4O3/c1-15-9-18(5-6-20(15)28)32-22-10-16-14-30-31-21(16)11-19(22)23(24(32)26(2,3)7-8-29)17-12-27(13-17,35-4)25(33)34/h5-6,9-11,14,17H,7,12-13H2,1-4H3,(H,30,31)(H,33,34)/t17-,27+. The largest absolute Gasteiger partial charge is 0.479 e. The lowest BCUT2D eigenvalue weighted by Crippen LogP contribution is -2.51. The number of rotatable bonds is 6. The number of methoxy groups -OCH3 is 1. The highest BCUT2D eigenvalue weighted by molar-refractivity contribution is 5.99. The highest BCUT2D eigenvalue weighted by atomic mass is 19.1. The van der Waals surface area contributed by atoms with Crippen LogP contribution in [0.15, 0.2) is 36.5 Å². The van der Waals surface area contributed by atoms with E-state index < -0.39 is 17.0 Å². The van der Waals surface area contributed by atoms with Crippen LogP contribution in [0, 0.1) is 24.1 Å². The fourth-order valence-corrected chi connectivity index (χ4v) is 5.52. The van der Waals surface area contributed by atoms with Gasteiger partial charge in [-0.25, -0.2) is 9.18 Å². The van der Waals surface area contributed by atoms with Crippen molar-refractivity contribution >= 4 is 27.8 Å². The number of aryl methyl sites for hydroxylation is 1. The molecule has 2 aromatic heterocycles. The van der Waals surface area contributed by atoms with E-state index in [1.807, 2.05) is 32.0 Å². The molecule has 0 radical (unpaired) electrons. The van der Waals surface area contributed by atoms with Gasteiger partial charge in [-0.2, -0.15) is 10.4 Å². The number of hydrogen-bond donors (Lipinski definition) is 2. The minimum atomic E-state index is -1.22. The molecule has 0 bridgehead atoms. The zero-order chi connectivity index (χ0) is 25.1. The maximum absolute atomic E-state index is 14.2. The first-order chi connectivity index (χ1) is 16.6. The van der Waals surface area contributed by atoms with Crippen molar-refractivity contribution in [2.75, 3.05) is 7.11 Å². The summed E-state index contributed by atoms with van der Waals surface area (Å²) in [4.78, 5) is 12.0. The number of nitrogens with zero attached hydrogens (tertiary/aromatic N) is 3. The van der Waals surface area contributed by atoms with Gasteiger partial charge < -0.3 is 14.4 Å². The lowest BCUT2D eigenvalue weighted by Gasteiger charge is -2.44. The maximum Gasteiger partial charge on any atom is 0.335 e. The number of hydrogen-bond acceptors (Lipinski definition) is 4. The van der Waals surface area contributed by atoms with Gasteiger partial charge in [0.15, 0.2) is 5.60 Å². The van der Waals surface area contributed by atoms with Gasteiger partial charge in [0.2, 0.25) is 0 Å². The smallest absolute Gasteiger partial charge is 0.335 e.